The molecule has 1 aliphatic carbocycles. The molecule has 2 aliphatic rings. The second-order valence-electron chi connectivity index (χ2n) is 11.7. The molecule has 2 atom stereocenters. The number of carbonyl (C=O) groups is 2. The van der Waals surface area contributed by atoms with E-state index in [1.165, 1.54) is 6.07 Å². The maximum absolute atomic E-state index is 14.4. The number of halogens is 2. The number of likely N-dealkylation sites (N-methyl/N-ethyl adjacent to an activating group) is 1. The molecule has 5 rings (SSSR count). The Bertz CT molecular complexity index is 1380. The van der Waals surface area contributed by atoms with E-state index in [-0.39, 0.29) is 23.3 Å². The molecule has 3 aromatic carbocycles. The van der Waals surface area contributed by atoms with Gasteiger partial charge in [0.15, 0.2) is 11.6 Å². The van der Waals surface area contributed by atoms with Crippen LogP contribution in [-0.2, 0) is 27.0 Å². The van der Waals surface area contributed by atoms with Gasteiger partial charge in [0.1, 0.15) is 0 Å². The van der Waals surface area contributed by atoms with Crippen molar-refractivity contribution in [3.63, 3.8) is 0 Å². The molecule has 0 radical (unpaired) electrons. The van der Waals surface area contributed by atoms with E-state index < -0.39 is 17.0 Å². The summed E-state index contributed by atoms with van der Waals surface area (Å²) in [6.45, 7) is 4.38. The Balaban J connectivity index is 1.33. The summed E-state index contributed by atoms with van der Waals surface area (Å²) in [6.07, 6.45) is 2.88. The second-order valence-corrected chi connectivity index (χ2v) is 11.7. The molecular weight excluding hydrogens is 520 g/mol. The number of piperidine rings is 1. The molecule has 0 N–H and O–H groups in total. The molecule has 3 aromatic rings. The zero-order valence-corrected chi connectivity index (χ0v) is 24.2. The van der Waals surface area contributed by atoms with Gasteiger partial charge in [0.05, 0.1) is 11.0 Å². The summed E-state index contributed by atoms with van der Waals surface area (Å²) in [5, 5.41) is 0. The van der Waals surface area contributed by atoms with E-state index in [9.17, 15) is 18.4 Å². The van der Waals surface area contributed by atoms with Crippen LogP contribution in [0.5, 0.6) is 0 Å². The Morgan fingerprint density at radius 2 is 1.51 bits per heavy atom. The number of carbonyl (C=O) groups excluding carboxylic acids is 2. The van der Waals surface area contributed by atoms with Crippen LogP contribution < -0.4 is 0 Å². The van der Waals surface area contributed by atoms with Gasteiger partial charge in [0.25, 0.3) is 0 Å². The van der Waals surface area contributed by atoms with Gasteiger partial charge in [-0.1, -0.05) is 66.7 Å². The van der Waals surface area contributed by atoms with Gasteiger partial charge in [0.2, 0.25) is 11.8 Å². The lowest BCUT2D eigenvalue weighted by atomic mass is 9.79. The maximum atomic E-state index is 14.4. The zero-order valence-electron chi connectivity index (χ0n) is 24.2. The first-order valence-corrected chi connectivity index (χ1v) is 14.4. The number of benzene rings is 3. The molecule has 0 bridgehead atoms. The fraction of sp³-hybridized carbons (Fsp3) is 0.412. The predicted octanol–water partition coefficient (Wildman–Crippen LogP) is 5.39. The first kappa shape index (κ1) is 28.9. The van der Waals surface area contributed by atoms with E-state index in [0.29, 0.717) is 25.1 Å². The molecule has 1 saturated carbocycles. The van der Waals surface area contributed by atoms with Crippen LogP contribution >= 0.6 is 0 Å². The highest BCUT2D eigenvalue weighted by Gasteiger charge is 2.62. The van der Waals surface area contributed by atoms with Crippen molar-refractivity contribution < 1.29 is 18.4 Å². The highest BCUT2D eigenvalue weighted by Crippen LogP contribution is 2.56. The fourth-order valence-corrected chi connectivity index (χ4v) is 6.73. The van der Waals surface area contributed by atoms with Crippen LogP contribution in [0.15, 0.2) is 78.9 Å². The lowest BCUT2D eigenvalue weighted by Gasteiger charge is -2.48. The van der Waals surface area contributed by atoms with Gasteiger partial charge in [-0.25, -0.2) is 8.78 Å². The molecule has 0 spiro atoms. The van der Waals surface area contributed by atoms with Crippen LogP contribution in [0.1, 0.15) is 42.9 Å². The molecule has 2 amide bonds. The van der Waals surface area contributed by atoms with Crippen molar-refractivity contribution in [3.8, 4) is 0 Å². The summed E-state index contributed by atoms with van der Waals surface area (Å²) >= 11 is 0. The van der Waals surface area contributed by atoms with Crippen molar-refractivity contribution in [2.24, 2.45) is 5.92 Å². The lowest BCUT2D eigenvalue weighted by molar-refractivity contribution is -0.136. The van der Waals surface area contributed by atoms with Crippen LogP contribution in [0.4, 0.5) is 8.78 Å². The van der Waals surface area contributed by atoms with Crippen molar-refractivity contribution in [3.05, 3.63) is 107 Å². The van der Waals surface area contributed by atoms with E-state index in [0.717, 1.165) is 49.5 Å². The summed E-state index contributed by atoms with van der Waals surface area (Å²) in [4.78, 5) is 32.4. The summed E-state index contributed by atoms with van der Waals surface area (Å²) in [5.74, 6) is -1.85. The average molecular weight is 560 g/mol. The Morgan fingerprint density at radius 3 is 2.12 bits per heavy atom. The predicted molar refractivity (Wildman–Crippen MR) is 156 cm³/mol. The van der Waals surface area contributed by atoms with Gasteiger partial charge in [-0.15, -0.1) is 0 Å². The summed E-state index contributed by atoms with van der Waals surface area (Å²) in [6, 6.07) is 24.1. The summed E-state index contributed by atoms with van der Waals surface area (Å²) in [5.41, 5.74) is 1.58. The van der Waals surface area contributed by atoms with Crippen molar-refractivity contribution >= 4 is 11.8 Å². The number of hydrogen-bond donors (Lipinski definition) is 0. The van der Waals surface area contributed by atoms with Gasteiger partial charge in [0, 0.05) is 47.2 Å². The Morgan fingerprint density at radius 1 is 0.878 bits per heavy atom. The van der Waals surface area contributed by atoms with Gasteiger partial charge >= 0.3 is 0 Å². The minimum Gasteiger partial charge on any atom is -0.345 e. The highest BCUT2D eigenvalue weighted by molar-refractivity contribution is 5.92. The van der Waals surface area contributed by atoms with Crippen molar-refractivity contribution in [2.45, 2.75) is 43.6 Å². The van der Waals surface area contributed by atoms with Gasteiger partial charge in [-0.2, -0.15) is 0 Å². The van der Waals surface area contributed by atoms with Gasteiger partial charge in [-0.05, 0) is 60.4 Å². The molecule has 2 unspecified atom stereocenters. The van der Waals surface area contributed by atoms with Crippen LogP contribution in [-0.4, -0.2) is 66.8 Å². The largest absolute Gasteiger partial charge is 0.345 e. The normalized spacial score (nSPS) is 21.7. The molecule has 2 fully saturated rings. The Hall–Kier alpha value is -3.58. The van der Waals surface area contributed by atoms with E-state index in [1.807, 2.05) is 60.5 Å². The van der Waals surface area contributed by atoms with Crippen LogP contribution in [0.3, 0.4) is 0 Å². The summed E-state index contributed by atoms with van der Waals surface area (Å²) in [7, 11) is 3.68. The third kappa shape index (κ3) is 5.65. The molecule has 5 nitrogen and oxygen atoms in total. The quantitative estimate of drug-likeness (QED) is 0.353. The molecule has 7 heteroatoms. The summed E-state index contributed by atoms with van der Waals surface area (Å²) < 4.78 is 28.3. The number of nitrogens with zero attached hydrogens (tertiary/aromatic N) is 3. The highest BCUT2D eigenvalue weighted by atomic mass is 19.2. The molecule has 216 valence electrons. The fourth-order valence-electron chi connectivity index (χ4n) is 6.73. The van der Waals surface area contributed by atoms with E-state index in [1.54, 1.807) is 24.9 Å². The minimum absolute atomic E-state index is 0.00574. The number of likely N-dealkylation sites (tertiary alicyclic amines) is 1. The first-order chi connectivity index (χ1) is 19.7. The number of hydrogen-bond acceptors (Lipinski definition) is 3. The monoisotopic (exact) mass is 559 g/mol. The molecule has 1 aliphatic heterocycles. The average Bonchev–Trinajstić information content (AvgIpc) is 3.72. The number of rotatable bonds is 9. The topological polar surface area (TPSA) is 43.9 Å². The van der Waals surface area contributed by atoms with E-state index in [4.69, 9.17) is 0 Å². The van der Waals surface area contributed by atoms with Crippen LogP contribution in [0.2, 0.25) is 0 Å². The van der Waals surface area contributed by atoms with Gasteiger partial charge < -0.3 is 14.7 Å². The third-order valence-corrected chi connectivity index (χ3v) is 9.43. The Kier molecular flexibility index (Phi) is 8.28. The number of amides is 2. The molecule has 0 aromatic heterocycles. The van der Waals surface area contributed by atoms with Gasteiger partial charge in [-0.3, -0.25) is 9.59 Å². The molecular formula is C34H39F2N3O2. The zero-order chi connectivity index (χ0) is 29.2. The van der Waals surface area contributed by atoms with E-state index in [2.05, 4.69) is 17.0 Å². The first-order valence-electron chi connectivity index (χ1n) is 14.4. The SMILES string of the molecule is CC(=O)N(C)C1(c2ccccc2)CCN(CC2CC2(C(=O)N(C)CCc2ccccc2)c2ccc(F)c(F)c2)CC1. The Labute approximate surface area is 241 Å². The standard InChI is InChI=1S/C34H39F2N3O2/c1-25(40)38(3)33(27-12-8-5-9-13-27)17-20-39(21-18-33)24-29-23-34(29,28-14-15-30(35)31(36)22-28)32(41)37(2)19-16-26-10-6-4-7-11-26/h4-15,22,29H,16-21,23-24H2,1-3H3. The van der Waals surface area contributed by atoms with Crippen molar-refractivity contribution in [1.29, 1.82) is 0 Å². The third-order valence-electron chi connectivity index (χ3n) is 9.43. The van der Waals surface area contributed by atoms with E-state index >= 15 is 0 Å². The molecule has 1 saturated heterocycles. The molecule has 41 heavy (non-hydrogen) atoms. The van der Waals surface area contributed by atoms with Crippen LogP contribution in [0, 0.1) is 17.6 Å². The minimum atomic E-state index is -0.926. The maximum Gasteiger partial charge on any atom is 0.233 e. The van der Waals surface area contributed by atoms with Crippen molar-refractivity contribution in [1.82, 2.24) is 14.7 Å². The van der Waals surface area contributed by atoms with Crippen molar-refractivity contribution in [2.75, 3.05) is 40.3 Å². The molecule has 1 heterocycles. The smallest absolute Gasteiger partial charge is 0.233 e. The second kappa shape index (κ2) is 11.7. The van der Waals surface area contributed by atoms with Crippen LogP contribution in [0.25, 0.3) is 0 Å². The lowest BCUT2D eigenvalue weighted by Crippen LogP contribution is -2.53.